The van der Waals surface area contributed by atoms with E-state index < -0.39 is 35.4 Å². The van der Waals surface area contributed by atoms with Crippen molar-refractivity contribution >= 4 is 29.8 Å². The molecule has 0 fully saturated rings. The Morgan fingerprint density at radius 1 is 0.700 bits per heavy atom. The van der Waals surface area contributed by atoms with Crippen LogP contribution in [0.5, 0.6) is 0 Å². The molecule has 12 heteroatoms. The van der Waals surface area contributed by atoms with Gasteiger partial charge in [0, 0.05) is 36.8 Å². The standard InChI is InChI=1S/C28H38N2O10/c1-28(2,3)40-27(35)26-19(13-25(34)39-7)17(9-11-23(32)37-5)21(30-26)14-20-18(12-24(33)38-6)16(15-29-20)8-10-22(31)36-4/h15,29-30H,8-14H2,1-7H3. The SMILES string of the molecule is COC(=O)CCc1c[nH]c(Cc2[nH]c(C(=O)OC(C)(C)C)c(CC(=O)OC)c2CCC(=O)OC)c1CC(=O)OC. The molecule has 0 aliphatic heterocycles. The zero-order valence-corrected chi connectivity index (χ0v) is 24.1. The Bertz CT molecular complexity index is 1230. The largest absolute Gasteiger partial charge is 0.469 e. The fourth-order valence-corrected chi connectivity index (χ4v) is 4.21. The normalized spacial score (nSPS) is 11.1. The summed E-state index contributed by atoms with van der Waals surface area (Å²) in [5, 5.41) is 0. The summed E-state index contributed by atoms with van der Waals surface area (Å²) in [4.78, 5) is 67.8. The first kappa shape index (κ1) is 32.1. The van der Waals surface area contributed by atoms with Crippen molar-refractivity contribution in [1.29, 1.82) is 0 Å². The molecule has 2 N–H and O–H groups in total. The maximum atomic E-state index is 13.2. The van der Waals surface area contributed by atoms with Gasteiger partial charge in [0.15, 0.2) is 0 Å². The smallest absolute Gasteiger partial charge is 0.355 e. The van der Waals surface area contributed by atoms with Crippen molar-refractivity contribution in [2.75, 3.05) is 28.4 Å². The van der Waals surface area contributed by atoms with Crippen molar-refractivity contribution in [3.8, 4) is 0 Å². The molecule has 2 aromatic heterocycles. The summed E-state index contributed by atoms with van der Waals surface area (Å²) in [5.41, 5.74) is 2.72. The molecular weight excluding hydrogens is 524 g/mol. The molecule has 2 heterocycles. The van der Waals surface area contributed by atoms with E-state index in [1.165, 1.54) is 28.4 Å². The molecule has 0 aliphatic rings. The summed E-state index contributed by atoms with van der Waals surface area (Å²) in [7, 11) is 5.10. The topological polar surface area (TPSA) is 163 Å². The second kappa shape index (κ2) is 14.3. The van der Waals surface area contributed by atoms with E-state index in [1.807, 2.05) is 0 Å². The molecule has 220 valence electrons. The average Bonchev–Trinajstić information content (AvgIpc) is 3.44. The molecule has 12 nitrogen and oxygen atoms in total. The summed E-state index contributed by atoms with van der Waals surface area (Å²) < 4.78 is 24.8. The molecular formula is C28H38N2O10. The van der Waals surface area contributed by atoms with Crippen molar-refractivity contribution in [3.63, 3.8) is 0 Å². The van der Waals surface area contributed by atoms with Crippen LogP contribution in [0.25, 0.3) is 0 Å². The fraction of sp³-hybridized carbons (Fsp3) is 0.536. The first-order valence-electron chi connectivity index (χ1n) is 12.7. The van der Waals surface area contributed by atoms with Crippen LogP contribution in [0.1, 0.15) is 77.7 Å². The lowest BCUT2D eigenvalue weighted by Gasteiger charge is -2.19. The quantitative estimate of drug-likeness (QED) is 0.274. The Morgan fingerprint density at radius 2 is 1.23 bits per heavy atom. The number of ether oxygens (including phenoxy) is 5. The summed E-state index contributed by atoms with van der Waals surface area (Å²) >= 11 is 0. The van der Waals surface area contributed by atoms with Crippen molar-refractivity contribution < 1.29 is 47.7 Å². The molecule has 0 aromatic carbocycles. The van der Waals surface area contributed by atoms with Gasteiger partial charge in [0.2, 0.25) is 0 Å². The van der Waals surface area contributed by atoms with Crippen LogP contribution in [0.4, 0.5) is 0 Å². The van der Waals surface area contributed by atoms with E-state index in [1.54, 1.807) is 27.0 Å². The van der Waals surface area contributed by atoms with Crippen LogP contribution >= 0.6 is 0 Å². The number of esters is 5. The molecule has 0 saturated carbocycles. The number of aryl methyl sites for hydroxylation is 1. The molecule has 0 saturated heterocycles. The highest BCUT2D eigenvalue weighted by atomic mass is 16.6. The van der Waals surface area contributed by atoms with Crippen LogP contribution in [0, 0.1) is 0 Å². The molecule has 0 atom stereocenters. The zero-order valence-electron chi connectivity index (χ0n) is 24.1. The number of hydrogen-bond acceptors (Lipinski definition) is 10. The first-order valence-corrected chi connectivity index (χ1v) is 12.7. The lowest BCUT2D eigenvalue weighted by molar-refractivity contribution is -0.141. The Hall–Kier alpha value is -4.09. The first-order chi connectivity index (χ1) is 18.8. The van der Waals surface area contributed by atoms with Gasteiger partial charge in [-0.2, -0.15) is 0 Å². The summed E-state index contributed by atoms with van der Waals surface area (Å²) in [6, 6.07) is 0. The lowest BCUT2D eigenvalue weighted by Crippen LogP contribution is -2.25. The minimum absolute atomic E-state index is 0.00654. The molecule has 0 unspecified atom stereocenters. The van der Waals surface area contributed by atoms with Crippen LogP contribution in [-0.4, -0.2) is 73.9 Å². The van der Waals surface area contributed by atoms with E-state index in [0.29, 0.717) is 34.5 Å². The average molecular weight is 563 g/mol. The van der Waals surface area contributed by atoms with E-state index in [9.17, 15) is 24.0 Å². The number of aromatic amines is 2. The predicted molar refractivity (Wildman–Crippen MR) is 142 cm³/mol. The van der Waals surface area contributed by atoms with Crippen LogP contribution in [0.3, 0.4) is 0 Å². The molecule has 0 radical (unpaired) electrons. The number of methoxy groups -OCH3 is 4. The maximum Gasteiger partial charge on any atom is 0.355 e. The number of hydrogen-bond donors (Lipinski definition) is 2. The zero-order chi connectivity index (χ0) is 30.0. The highest BCUT2D eigenvalue weighted by Gasteiger charge is 2.29. The maximum absolute atomic E-state index is 13.2. The van der Waals surface area contributed by atoms with Crippen molar-refractivity contribution in [2.24, 2.45) is 0 Å². The predicted octanol–water partition coefficient (Wildman–Crippen LogP) is 2.53. The van der Waals surface area contributed by atoms with Crippen molar-refractivity contribution in [1.82, 2.24) is 9.97 Å². The van der Waals surface area contributed by atoms with E-state index in [0.717, 1.165) is 5.56 Å². The van der Waals surface area contributed by atoms with Gasteiger partial charge >= 0.3 is 29.8 Å². The molecule has 2 rings (SSSR count). The number of H-pyrrole nitrogens is 2. The van der Waals surface area contributed by atoms with Crippen LogP contribution in [0.15, 0.2) is 6.20 Å². The summed E-state index contributed by atoms with van der Waals surface area (Å²) in [6.45, 7) is 5.17. The van der Waals surface area contributed by atoms with Crippen molar-refractivity contribution in [3.05, 3.63) is 45.5 Å². The second-order valence-corrected chi connectivity index (χ2v) is 10.0. The molecule has 0 amide bonds. The summed E-state index contributed by atoms with van der Waals surface area (Å²) in [6.07, 6.45) is 2.19. The molecule has 40 heavy (non-hydrogen) atoms. The van der Waals surface area contributed by atoms with Gasteiger partial charge in [0.25, 0.3) is 0 Å². The highest BCUT2D eigenvalue weighted by molar-refractivity contribution is 5.92. The number of rotatable bonds is 13. The Kier molecular flexibility index (Phi) is 11.5. The van der Waals surface area contributed by atoms with Gasteiger partial charge in [0.05, 0.1) is 41.3 Å². The third-order valence-corrected chi connectivity index (χ3v) is 6.17. The minimum Gasteiger partial charge on any atom is -0.469 e. The van der Waals surface area contributed by atoms with Gasteiger partial charge in [-0.1, -0.05) is 0 Å². The summed E-state index contributed by atoms with van der Waals surface area (Å²) in [5.74, 6) is -2.58. The molecule has 0 aliphatic carbocycles. The third kappa shape index (κ3) is 8.99. The molecule has 0 bridgehead atoms. The number of carbonyl (C=O) groups is 5. The monoisotopic (exact) mass is 562 g/mol. The lowest BCUT2D eigenvalue weighted by atomic mass is 9.96. The molecule has 0 spiro atoms. The second-order valence-electron chi connectivity index (χ2n) is 10.0. The van der Waals surface area contributed by atoms with Gasteiger partial charge in [-0.15, -0.1) is 0 Å². The van der Waals surface area contributed by atoms with Gasteiger partial charge in [-0.3, -0.25) is 19.2 Å². The van der Waals surface area contributed by atoms with Crippen LogP contribution in [0.2, 0.25) is 0 Å². The third-order valence-electron chi connectivity index (χ3n) is 6.17. The van der Waals surface area contributed by atoms with Crippen LogP contribution in [-0.2, 0) is 75.0 Å². The van der Waals surface area contributed by atoms with Crippen molar-refractivity contribution in [2.45, 2.75) is 71.3 Å². The van der Waals surface area contributed by atoms with E-state index >= 15 is 0 Å². The van der Waals surface area contributed by atoms with Gasteiger partial charge in [-0.05, 0) is 55.9 Å². The Balaban J connectivity index is 2.64. The number of carbonyl (C=O) groups excluding carboxylic acids is 5. The molecule has 2 aromatic rings. The van der Waals surface area contributed by atoms with Gasteiger partial charge in [-0.25, -0.2) is 4.79 Å². The van der Waals surface area contributed by atoms with Gasteiger partial charge < -0.3 is 33.7 Å². The Labute approximate surface area is 233 Å². The minimum atomic E-state index is -0.807. The fourth-order valence-electron chi connectivity index (χ4n) is 4.21. The van der Waals surface area contributed by atoms with E-state index in [-0.39, 0.29) is 44.2 Å². The number of nitrogens with one attached hydrogen (secondary N) is 2. The van der Waals surface area contributed by atoms with Gasteiger partial charge in [0.1, 0.15) is 11.3 Å². The van der Waals surface area contributed by atoms with E-state index in [4.69, 9.17) is 23.7 Å². The highest BCUT2D eigenvalue weighted by Crippen LogP contribution is 2.28. The number of aromatic nitrogens is 2. The van der Waals surface area contributed by atoms with E-state index in [2.05, 4.69) is 9.97 Å². The van der Waals surface area contributed by atoms with Crippen LogP contribution < -0.4 is 0 Å². The Morgan fingerprint density at radius 3 is 1.75 bits per heavy atom.